The maximum Gasteiger partial charge on any atom is 0.341 e. The van der Waals surface area contributed by atoms with Gasteiger partial charge in [-0.2, -0.15) is 0 Å². The summed E-state index contributed by atoms with van der Waals surface area (Å²) in [7, 11) is 0. The second-order valence-electron chi connectivity index (χ2n) is 4.51. The number of hydrogen-bond acceptors (Lipinski definition) is 3. The van der Waals surface area contributed by atoms with Gasteiger partial charge in [0.05, 0.1) is 16.3 Å². The van der Waals surface area contributed by atoms with E-state index in [0.717, 1.165) is 23.2 Å². The summed E-state index contributed by atoms with van der Waals surface area (Å²) in [6.07, 6.45) is 6.11. The highest BCUT2D eigenvalue weighted by Crippen LogP contribution is 2.29. The van der Waals surface area contributed by atoms with E-state index in [4.69, 9.17) is 16.3 Å². The lowest BCUT2D eigenvalue weighted by atomic mass is 10.1. The lowest BCUT2D eigenvalue weighted by molar-refractivity contribution is 0.0472. The molecule has 4 heteroatoms. The van der Waals surface area contributed by atoms with E-state index in [-0.39, 0.29) is 6.61 Å². The van der Waals surface area contributed by atoms with E-state index >= 15 is 0 Å². The molecule has 0 fully saturated rings. The zero-order chi connectivity index (χ0) is 13.9. The number of carbonyl (C=O) groups excluding carboxylic acids is 1. The van der Waals surface area contributed by atoms with Gasteiger partial charge in [0.25, 0.3) is 0 Å². The minimum absolute atomic E-state index is 0.225. The van der Waals surface area contributed by atoms with Crippen LogP contribution in [0.15, 0.2) is 42.6 Å². The molecule has 0 N–H and O–H groups in total. The van der Waals surface area contributed by atoms with Gasteiger partial charge >= 0.3 is 5.97 Å². The summed E-state index contributed by atoms with van der Waals surface area (Å²) in [6.45, 7) is 0.225. The van der Waals surface area contributed by atoms with Gasteiger partial charge in [0.2, 0.25) is 0 Å². The summed E-state index contributed by atoms with van der Waals surface area (Å²) >= 11 is 6.24. The SMILES string of the molecule is O=C(OCc1ccccc1)c1cnc2c(c1Cl)C=CC2. The molecule has 0 unspecified atom stereocenters. The summed E-state index contributed by atoms with van der Waals surface area (Å²) in [5.41, 5.74) is 2.97. The van der Waals surface area contributed by atoms with Crippen LogP contribution in [0.2, 0.25) is 5.02 Å². The Bertz CT molecular complexity index is 680. The Morgan fingerprint density at radius 1 is 1.30 bits per heavy atom. The van der Waals surface area contributed by atoms with Gasteiger partial charge in [-0.3, -0.25) is 4.98 Å². The molecule has 0 radical (unpaired) electrons. The Labute approximate surface area is 121 Å². The van der Waals surface area contributed by atoms with E-state index in [9.17, 15) is 4.79 Å². The van der Waals surface area contributed by atoms with E-state index in [1.54, 1.807) is 0 Å². The number of allylic oxidation sites excluding steroid dienone is 1. The first-order chi connectivity index (χ1) is 9.75. The van der Waals surface area contributed by atoms with E-state index in [1.807, 2.05) is 42.5 Å². The molecule has 1 heterocycles. The number of fused-ring (bicyclic) bond motifs is 1. The summed E-state index contributed by atoms with van der Waals surface area (Å²) in [4.78, 5) is 16.3. The highest BCUT2D eigenvalue weighted by molar-refractivity contribution is 6.35. The fraction of sp³-hybridized carbons (Fsp3) is 0.125. The molecular formula is C16H12ClNO2. The van der Waals surface area contributed by atoms with Crippen LogP contribution in [0.5, 0.6) is 0 Å². The second kappa shape index (κ2) is 5.47. The fourth-order valence-corrected chi connectivity index (χ4v) is 2.40. The smallest absolute Gasteiger partial charge is 0.341 e. The van der Waals surface area contributed by atoms with E-state index in [0.29, 0.717) is 10.6 Å². The Balaban J connectivity index is 1.76. The topological polar surface area (TPSA) is 39.2 Å². The molecule has 3 nitrogen and oxygen atoms in total. The van der Waals surface area contributed by atoms with Crippen molar-refractivity contribution in [2.24, 2.45) is 0 Å². The number of benzene rings is 1. The number of nitrogens with zero attached hydrogens (tertiary/aromatic N) is 1. The molecule has 100 valence electrons. The number of ether oxygens (including phenoxy) is 1. The largest absolute Gasteiger partial charge is 0.457 e. The van der Waals surface area contributed by atoms with Gasteiger partial charge in [-0.25, -0.2) is 4.79 Å². The molecule has 1 aliphatic carbocycles. The third kappa shape index (κ3) is 2.45. The van der Waals surface area contributed by atoms with Crippen molar-refractivity contribution in [1.29, 1.82) is 0 Å². The predicted octanol–water partition coefficient (Wildman–Crippen LogP) is 3.66. The summed E-state index contributed by atoms with van der Waals surface area (Å²) < 4.78 is 5.27. The molecule has 0 aliphatic heterocycles. The third-order valence-corrected chi connectivity index (χ3v) is 3.57. The Kier molecular flexibility index (Phi) is 3.52. The van der Waals surface area contributed by atoms with Crippen molar-refractivity contribution in [1.82, 2.24) is 4.98 Å². The van der Waals surface area contributed by atoms with Gasteiger partial charge in [-0.1, -0.05) is 54.1 Å². The Morgan fingerprint density at radius 2 is 2.10 bits per heavy atom. The molecule has 0 saturated carbocycles. The van der Waals surface area contributed by atoms with Crippen molar-refractivity contribution in [3.8, 4) is 0 Å². The highest BCUT2D eigenvalue weighted by atomic mass is 35.5. The van der Waals surface area contributed by atoms with E-state index in [2.05, 4.69) is 4.98 Å². The average molecular weight is 286 g/mol. The zero-order valence-electron chi connectivity index (χ0n) is 10.7. The first-order valence-corrected chi connectivity index (χ1v) is 6.68. The van der Waals surface area contributed by atoms with Crippen LogP contribution in [0.25, 0.3) is 6.08 Å². The molecule has 1 aromatic carbocycles. The molecule has 0 bridgehead atoms. The number of hydrogen-bond donors (Lipinski definition) is 0. The predicted molar refractivity (Wildman–Crippen MR) is 77.5 cm³/mol. The van der Waals surface area contributed by atoms with Crippen molar-refractivity contribution in [2.75, 3.05) is 0 Å². The maximum atomic E-state index is 12.1. The zero-order valence-corrected chi connectivity index (χ0v) is 11.4. The van der Waals surface area contributed by atoms with E-state index < -0.39 is 5.97 Å². The standard InChI is InChI=1S/C16H12ClNO2/c17-15-12-7-4-8-14(12)18-9-13(15)16(19)20-10-11-5-2-1-3-6-11/h1-7,9H,8,10H2. The minimum Gasteiger partial charge on any atom is -0.457 e. The van der Waals surface area contributed by atoms with Gasteiger partial charge in [0.1, 0.15) is 6.61 Å². The number of halogens is 1. The minimum atomic E-state index is -0.450. The molecule has 0 saturated heterocycles. The first kappa shape index (κ1) is 12.9. The van der Waals surface area contributed by atoms with Crippen LogP contribution in [0.1, 0.15) is 27.2 Å². The lowest BCUT2D eigenvalue weighted by Gasteiger charge is -2.08. The molecule has 20 heavy (non-hydrogen) atoms. The monoisotopic (exact) mass is 285 g/mol. The van der Waals surface area contributed by atoms with Gasteiger partial charge in [0.15, 0.2) is 0 Å². The van der Waals surface area contributed by atoms with Crippen LogP contribution in [-0.4, -0.2) is 11.0 Å². The number of aromatic nitrogens is 1. The van der Waals surface area contributed by atoms with Gasteiger partial charge in [-0.05, 0) is 5.56 Å². The Morgan fingerprint density at radius 3 is 2.90 bits per heavy atom. The van der Waals surface area contributed by atoms with Crippen LogP contribution < -0.4 is 0 Å². The van der Waals surface area contributed by atoms with E-state index in [1.165, 1.54) is 6.20 Å². The quantitative estimate of drug-likeness (QED) is 0.808. The molecule has 0 atom stereocenters. The van der Waals surface area contributed by atoms with Crippen LogP contribution >= 0.6 is 11.6 Å². The van der Waals surface area contributed by atoms with Crippen molar-refractivity contribution >= 4 is 23.6 Å². The third-order valence-electron chi connectivity index (χ3n) is 3.16. The molecule has 0 spiro atoms. The highest BCUT2D eigenvalue weighted by Gasteiger charge is 2.19. The van der Waals surface area contributed by atoms with Crippen molar-refractivity contribution in [2.45, 2.75) is 13.0 Å². The second-order valence-corrected chi connectivity index (χ2v) is 4.89. The molecule has 2 aromatic rings. The first-order valence-electron chi connectivity index (χ1n) is 6.30. The summed E-state index contributed by atoms with van der Waals surface area (Å²) in [5, 5.41) is 0.418. The van der Waals surface area contributed by atoms with Crippen molar-refractivity contribution in [3.05, 3.63) is 70.0 Å². The molecule has 1 aliphatic rings. The maximum absolute atomic E-state index is 12.1. The van der Waals surface area contributed by atoms with Gasteiger partial charge in [0, 0.05) is 18.2 Å². The number of esters is 1. The van der Waals surface area contributed by atoms with Crippen LogP contribution in [-0.2, 0) is 17.8 Å². The number of carbonyl (C=O) groups is 1. The molecule has 0 amide bonds. The van der Waals surface area contributed by atoms with Crippen LogP contribution in [0, 0.1) is 0 Å². The Hall–Kier alpha value is -2.13. The van der Waals surface area contributed by atoms with Crippen LogP contribution in [0.4, 0.5) is 0 Å². The van der Waals surface area contributed by atoms with Gasteiger partial charge in [-0.15, -0.1) is 0 Å². The van der Waals surface area contributed by atoms with Crippen LogP contribution in [0.3, 0.4) is 0 Å². The normalized spacial score (nSPS) is 12.2. The van der Waals surface area contributed by atoms with Gasteiger partial charge < -0.3 is 4.74 Å². The van der Waals surface area contributed by atoms with Crippen molar-refractivity contribution < 1.29 is 9.53 Å². The molecular weight excluding hydrogens is 274 g/mol. The fourth-order valence-electron chi connectivity index (χ4n) is 2.10. The number of pyridine rings is 1. The number of rotatable bonds is 3. The lowest BCUT2D eigenvalue weighted by Crippen LogP contribution is -2.08. The molecule has 3 rings (SSSR count). The molecule has 1 aromatic heterocycles. The van der Waals surface area contributed by atoms with Crippen molar-refractivity contribution in [3.63, 3.8) is 0 Å². The average Bonchev–Trinajstić information content (AvgIpc) is 2.96. The summed E-state index contributed by atoms with van der Waals surface area (Å²) in [6, 6.07) is 9.52. The summed E-state index contributed by atoms with van der Waals surface area (Å²) in [5.74, 6) is -0.450.